The van der Waals surface area contributed by atoms with Gasteiger partial charge in [0.1, 0.15) is 5.75 Å². The second-order valence-corrected chi connectivity index (χ2v) is 6.82. The fourth-order valence-corrected chi connectivity index (χ4v) is 3.07. The quantitative estimate of drug-likeness (QED) is 0.472. The van der Waals surface area contributed by atoms with Crippen LogP contribution in [-0.4, -0.2) is 20.2 Å². The van der Waals surface area contributed by atoms with E-state index in [1.165, 1.54) is 0 Å². The Bertz CT molecular complexity index is 740. The van der Waals surface area contributed by atoms with E-state index >= 15 is 0 Å². The Balaban J connectivity index is 2.06. The topological polar surface area (TPSA) is 44.8 Å². The molecule has 0 saturated carbocycles. The number of carbonyl (C=O) groups is 1. The van der Waals surface area contributed by atoms with E-state index in [0.717, 1.165) is 15.6 Å². The number of ether oxygens (including phenoxy) is 3. The van der Waals surface area contributed by atoms with Crippen LogP contribution in [0.4, 0.5) is 0 Å². The van der Waals surface area contributed by atoms with Crippen LogP contribution < -0.4 is 14.2 Å². The highest BCUT2D eigenvalue weighted by Crippen LogP contribution is 2.34. The Kier molecular flexibility index (Phi) is 6.88. The van der Waals surface area contributed by atoms with Crippen LogP contribution in [0.1, 0.15) is 37.3 Å². The van der Waals surface area contributed by atoms with Gasteiger partial charge in [-0.25, -0.2) is 0 Å². The van der Waals surface area contributed by atoms with E-state index in [4.69, 9.17) is 14.2 Å². The Morgan fingerprint density at radius 3 is 2.32 bits per heavy atom. The number of esters is 1. The number of methoxy groups -OCH3 is 2. The van der Waals surface area contributed by atoms with Crippen LogP contribution in [0.2, 0.25) is 0 Å². The molecule has 25 heavy (non-hydrogen) atoms. The van der Waals surface area contributed by atoms with Crippen molar-refractivity contribution in [3.63, 3.8) is 0 Å². The molecule has 0 saturated heterocycles. The number of carbonyl (C=O) groups excluding carboxylic acids is 1. The molecule has 0 bridgehead atoms. The third-order valence-corrected chi connectivity index (χ3v) is 4.65. The maximum atomic E-state index is 12.3. The summed E-state index contributed by atoms with van der Waals surface area (Å²) in [5, 5.41) is 0. The van der Waals surface area contributed by atoms with Crippen LogP contribution in [-0.2, 0) is 11.2 Å². The van der Waals surface area contributed by atoms with Crippen molar-refractivity contribution in [2.24, 2.45) is 0 Å². The first-order valence-electron chi connectivity index (χ1n) is 8.16. The molecule has 134 valence electrons. The van der Waals surface area contributed by atoms with Crippen LogP contribution in [0.3, 0.4) is 0 Å². The third kappa shape index (κ3) is 4.98. The molecule has 0 amide bonds. The summed E-state index contributed by atoms with van der Waals surface area (Å²) in [7, 11) is 3.18. The van der Waals surface area contributed by atoms with Gasteiger partial charge in [0, 0.05) is 4.47 Å². The Morgan fingerprint density at radius 1 is 1.04 bits per heavy atom. The van der Waals surface area contributed by atoms with Crippen molar-refractivity contribution < 1.29 is 19.0 Å². The van der Waals surface area contributed by atoms with E-state index in [0.29, 0.717) is 29.6 Å². The van der Waals surface area contributed by atoms with Gasteiger partial charge in [-0.15, -0.1) is 0 Å². The number of aryl methyl sites for hydroxylation is 1. The Hall–Kier alpha value is -2.01. The van der Waals surface area contributed by atoms with Crippen molar-refractivity contribution in [1.29, 1.82) is 0 Å². The fourth-order valence-electron chi connectivity index (χ4n) is 2.55. The second kappa shape index (κ2) is 8.90. The van der Waals surface area contributed by atoms with Gasteiger partial charge < -0.3 is 14.2 Å². The maximum absolute atomic E-state index is 12.3. The molecule has 2 aromatic rings. The predicted octanol–water partition coefficient (Wildman–Crippen LogP) is 5.13. The predicted molar refractivity (Wildman–Crippen MR) is 102 cm³/mol. The molecular weight excluding hydrogens is 384 g/mol. The summed E-state index contributed by atoms with van der Waals surface area (Å²) in [6, 6.07) is 11.4. The van der Waals surface area contributed by atoms with E-state index in [-0.39, 0.29) is 12.4 Å². The van der Waals surface area contributed by atoms with Crippen LogP contribution in [0, 0.1) is 0 Å². The molecule has 0 fully saturated rings. The van der Waals surface area contributed by atoms with Gasteiger partial charge in [0.05, 0.1) is 20.6 Å². The minimum absolute atomic E-state index is 0.255. The summed E-state index contributed by atoms with van der Waals surface area (Å²) in [5.41, 5.74) is 2.00. The molecular formula is C20H23BrO4. The molecule has 0 N–H and O–H groups in total. The zero-order chi connectivity index (χ0) is 18.4. The minimum atomic E-state index is -0.255. The zero-order valence-electron chi connectivity index (χ0n) is 15.0. The molecule has 0 aliphatic carbocycles. The van der Waals surface area contributed by atoms with Crippen molar-refractivity contribution in [2.45, 2.75) is 32.6 Å². The SMILES string of the molecule is COc1cc(Br)c(CCC(=O)Oc2ccccc2C(C)C)cc1OC. The van der Waals surface area contributed by atoms with E-state index < -0.39 is 0 Å². The van der Waals surface area contributed by atoms with Crippen LogP contribution in [0.5, 0.6) is 17.2 Å². The van der Waals surface area contributed by atoms with Gasteiger partial charge in [0.15, 0.2) is 11.5 Å². The first kappa shape index (κ1) is 19.3. The largest absolute Gasteiger partial charge is 0.493 e. The average molecular weight is 407 g/mol. The van der Waals surface area contributed by atoms with E-state index in [2.05, 4.69) is 29.8 Å². The van der Waals surface area contributed by atoms with Crippen molar-refractivity contribution in [1.82, 2.24) is 0 Å². The number of benzene rings is 2. The van der Waals surface area contributed by atoms with Gasteiger partial charge in [-0.2, -0.15) is 0 Å². The second-order valence-electron chi connectivity index (χ2n) is 5.97. The molecule has 2 rings (SSSR count). The normalized spacial score (nSPS) is 10.6. The Labute approximate surface area is 157 Å². The zero-order valence-corrected chi connectivity index (χ0v) is 16.6. The third-order valence-electron chi connectivity index (χ3n) is 3.92. The molecule has 0 unspecified atom stereocenters. The van der Waals surface area contributed by atoms with E-state index in [1.54, 1.807) is 14.2 Å². The summed E-state index contributed by atoms with van der Waals surface area (Å²) in [6.45, 7) is 4.15. The highest BCUT2D eigenvalue weighted by atomic mass is 79.9. The number of rotatable bonds is 7. The number of para-hydroxylation sites is 1. The van der Waals surface area contributed by atoms with E-state index in [1.807, 2.05) is 36.4 Å². The van der Waals surface area contributed by atoms with Crippen LogP contribution in [0.25, 0.3) is 0 Å². The lowest BCUT2D eigenvalue weighted by molar-refractivity contribution is -0.134. The molecule has 0 radical (unpaired) electrons. The van der Waals surface area contributed by atoms with Crippen LogP contribution >= 0.6 is 15.9 Å². The standard InChI is InChI=1S/C20H23BrO4/c1-13(2)15-7-5-6-8-17(15)25-20(22)10-9-14-11-18(23-3)19(24-4)12-16(14)21/h5-8,11-13H,9-10H2,1-4H3. The minimum Gasteiger partial charge on any atom is -0.493 e. The maximum Gasteiger partial charge on any atom is 0.311 e. The number of hydrogen-bond acceptors (Lipinski definition) is 4. The lowest BCUT2D eigenvalue weighted by Gasteiger charge is -2.13. The van der Waals surface area contributed by atoms with E-state index in [9.17, 15) is 4.79 Å². The smallest absolute Gasteiger partial charge is 0.311 e. The highest BCUT2D eigenvalue weighted by Gasteiger charge is 2.14. The van der Waals surface area contributed by atoms with Gasteiger partial charge in [-0.05, 0) is 41.7 Å². The van der Waals surface area contributed by atoms with Gasteiger partial charge in [0.2, 0.25) is 0 Å². The summed E-state index contributed by atoms with van der Waals surface area (Å²) in [5.74, 6) is 1.96. The summed E-state index contributed by atoms with van der Waals surface area (Å²) >= 11 is 3.51. The fraction of sp³-hybridized carbons (Fsp3) is 0.350. The molecule has 2 aromatic carbocycles. The van der Waals surface area contributed by atoms with Crippen molar-refractivity contribution >= 4 is 21.9 Å². The molecule has 4 nitrogen and oxygen atoms in total. The molecule has 0 spiro atoms. The monoisotopic (exact) mass is 406 g/mol. The summed E-state index contributed by atoms with van der Waals surface area (Å²) < 4.78 is 17.0. The first-order chi connectivity index (χ1) is 12.0. The number of halogens is 1. The lowest BCUT2D eigenvalue weighted by atomic mass is 10.0. The first-order valence-corrected chi connectivity index (χ1v) is 8.95. The molecule has 0 atom stereocenters. The average Bonchev–Trinajstić information content (AvgIpc) is 2.60. The molecule has 0 heterocycles. The van der Waals surface area contributed by atoms with Gasteiger partial charge in [-0.3, -0.25) is 4.79 Å². The summed E-state index contributed by atoms with van der Waals surface area (Å²) in [6.07, 6.45) is 0.824. The number of hydrogen-bond donors (Lipinski definition) is 0. The van der Waals surface area contributed by atoms with Crippen molar-refractivity contribution in [2.75, 3.05) is 14.2 Å². The molecule has 5 heteroatoms. The van der Waals surface area contributed by atoms with Gasteiger partial charge in [0.25, 0.3) is 0 Å². The summed E-state index contributed by atoms with van der Waals surface area (Å²) in [4.78, 5) is 12.3. The van der Waals surface area contributed by atoms with Crippen LogP contribution in [0.15, 0.2) is 40.9 Å². The molecule has 0 aromatic heterocycles. The van der Waals surface area contributed by atoms with Crippen molar-refractivity contribution in [3.05, 3.63) is 52.0 Å². The highest BCUT2D eigenvalue weighted by molar-refractivity contribution is 9.10. The molecule has 0 aliphatic rings. The Morgan fingerprint density at radius 2 is 1.68 bits per heavy atom. The van der Waals surface area contributed by atoms with Gasteiger partial charge >= 0.3 is 5.97 Å². The lowest BCUT2D eigenvalue weighted by Crippen LogP contribution is -2.11. The molecule has 0 aliphatic heterocycles. The van der Waals surface area contributed by atoms with Crippen molar-refractivity contribution in [3.8, 4) is 17.2 Å². The van der Waals surface area contributed by atoms with Gasteiger partial charge in [-0.1, -0.05) is 48.0 Å².